The van der Waals surface area contributed by atoms with Crippen LogP contribution in [0.15, 0.2) is 4.52 Å². The molecule has 5 nitrogen and oxygen atoms in total. The zero-order valence-corrected chi connectivity index (χ0v) is 10.8. The van der Waals surface area contributed by atoms with Gasteiger partial charge in [0.2, 0.25) is 11.8 Å². The highest BCUT2D eigenvalue weighted by atomic mass is 16.5. The van der Waals surface area contributed by atoms with Gasteiger partial charge in [0.15, 0.2) is 5.82 Å². The fourth-order valence-electron chi connectivity index (χ4n) is 2.57. The lowest BCUT2D eigenvalue weighted by Gasteiger charge is -2.21. The summed E-state index contributed by atoms with van der Waals surface area (Å²) in [5.74, 6) is 2.19. The number of hydrogen-bond acceptors (Lipinski definition) is 4. The number of rotatable bonds is 4. The van der Waals surface area contributed by atoms with Crippen molar-refractivity contribution in [1.82, 2.24) is 15.0 Å². The van der Waals surface area contributed by atoms with Crippen LogP contribution in [0.5, 0.6) is 0 Å². The molecule has 1 aromatic rings. The number of likely N-dealkylation sites (tertiary alicyclic amines) is 1. The highest BCUT2D eigenvalue weighted by Crippen LogP contribution is 2.39. The molecule has 2 fully saturated rings. The quantitative estimate of drug-likeness (QED) is 0.822. The summed E-state index contributed by atoms with van der Waals surface area (Å²) >= 11 is 0. The van der Waals surface area contributed by atoms with E-state index in [0.29, 0.717) is 18.2 Å². The van der Waals surface area contributed by atoms with E-state index in [2.05, 4.69) is 10.1 Å². The van der Waals surface area contributed by atoms with Gasteiger partial charge in [-0.15, -0.1) is 0 Å². The minimum absolute atomic E-state index is 0.0176. The normalized spacial score (nSPS) is 23.6. The van der Waals surface area contributed by atoms with Crippen molar-refractivity contribution >= 4 is 5.91 Å². The summed E-state index contributed by atoms with van der Waals surface area (Å²) in [4.78, 5) is 18.4. The van der Waals surface area contributed by atoms with E-state index in [1.54, 1.807) is 0 Å². The summed E-state index contributed by atoms with van der Waals surface area (Å²) in [6.07, 6.45) is 5.81. The van der Waals surface area contributed by atoms with Crippen LogP contribution in [0.1, 0.15) is 69.1 Å². The topological polar surface area (TPSA) is 59.2 Å². The second kappa shape index (κ2) is 4.71. The molecule has 0 N–H and O–H groups in total. The summed E-state index contributed by atoms with van der Waals surface area (Å²) in [7, 11) is 0. The average molecular weight is 249 g/mol. The number of carbonyl (C=O) groups is 1. The highest BCUT2D eigenvalue weighted by molar-refractivity contribution is 5.76. The molecule has 3 rings (SSSR count). The number of carbonyl (C=O) groups excluding carboxylic acids is 1. The zero-order valence-electron chi connectivity index (χ0n) is 10.8. The van der Waals surface area contributed by atoms with Crippen LogP contribution in [0, 0.1) is 0 Å². The maximum Gasteiger partial charge on any atom is 0.249 e. The van der Waals surface area contributed by atoms with Crippen LogP contribution < -0.4 is 0 Å². The van der Waals surface area contributed by atoms with Crippen molar-refractivity contribution < 1.29 is 9.32 Å². The second-order valence-corrected chi connectivity index (χ2v) is 5.26. The van der Waals surface area contributed by atoms with Gasteiger partial charge in [0, 0.05) is 18.9 Å². The van der Waals surface area contributed by atoms with Crippen LogP contribution in [0.25, 0.3) is 0 Å². The van der Waals surface area contributed by atoms with Crippen molar-refractivity contribution in [2.45, 2.75) is 57.4 Å². The molecule has 1 saturated carbocycles. The van der Waals surface area contributed by atoms with Crippen LogP contribution in [0.2, 0.25) is 0 Å². The number of aromatic nitrogens is 2. The Morgan fingerprint density at radius 3 is 3.00 bits per heavy atom. The lowest BCUT2D eigenvalue weighted by Crippen LogP contribution is -2.30. The molecule has 1 amide bonds. The van der Waals surface area contributed by atoms with Crippen molar-refractivity contribution in [2.24, 2.45) is 0 Å². The number of nitrogens with zero attached hydrogens (tertiary/aromatic N) is 3. The first-order valence-electron chi connectivity index (χ1n) is 6.92. The van der Waals surface area contributed by atoms with Crippen LogP contribution in [-0.2, 0) is 4.79 Å². The molecule has 1 aliphatic heterocycles. The van der Waals surface area contributed by atoms with E-state index in [9.17, 15) is 4.79 Å². The largest absolute Gasteiger partial charge is 0.337 e. The van der Waals surface area contributed by atoms with Crippen LogP contribution in [0.4, 0.5) is 0 Å². The third kappa shape index (κ3) is 2.13. The molecule has 0 spiro atoms. The molecule has 98 valence electrons. The van der Waals surface area contributed by atoms with Gasteiger partial charge in [-0.25, -0.2) is 0 Å². The van der Waals surface area contributed by atoms with E-state index in [1.807, 2.05) is 11.8 Å². The molecular formula is C13H19N3O2. The van der Waals surface area contributed by atoms with Crippen LogP contribution >= 0.6 is 0 Å². The fraction of sp³-hybridized carbons (Fsp3) is 0.769. The third-order valence-corrected chi connectivity index (χ3v) is 3.72. The molecule has 2 aliphatic rings. The monoisotopic (exact) mass is 249 g/mol. The molecule has 1 aromatic heterocycles. The Hall–Kier alpha value is -1.39. The van der Waals surface area contributed by atoms with Gasteiger partial charge >= 0.3 is 0 Å². The molecule has 5 heteroatoms. The minimum atomic E-state index is 0.0176. The van der Waals surface area contributed by atoms with E-state index in [-0.39, 0.29) is 11.9 Å². The lowest BCUT2D eigenvalue weighted by molar-refractivity contribution is -0.132. The second-order valence-electron chi connectivity index (χ2n) is 5.26. The van der Waals surface area contributed by atoms with Crippen molar-refractivity contribution in [1.29, 1.82) is 0 Å². The van der Waals surface area contributed by atoms with Gasteiger partial charge in [0.05, 0.1) is 0 Å². The summed E-state index contributed by atoms with van der Waals surface area (Å²) in [6, 6.07) is 0.0176. The molecule has 1 atom stereocenters. The van der Waals surface area contributed by atoms with Gasteiger partial charge in [-0.05, 0) is 32.1 Å². The molecule has 0 aromatic carbocycles. The van der Waals surface area contributed by atoms with Crippen LogP contribution in [0.3, 0.4) is 0 Å². The summed E-state index contributed by atoms with van der Waals surface area (Å²) in [5.41, 5.74) is 0. The summed E-state index contributed by atoms with van der Waals surface area (Å²) in [5, 5.41) is 4.04. The molecule has 0 bridgehead atoms. The first kappa shape index (κ1) is 11.7. The average Bonchev–Trinajstić information content (AvgIpc) is 2.93. The minimum Gasteiger partial charge on any atom is -0.337 e. The first-order valence-corrected chi connectivity index (χ1v) is 6.92. The Labute approximate surface area is 107 Å². The van der Waals surface area contributed by atoms with Crippen LogP contribution in [-0.4, -0.2) is 27.5 Å². The number of amides is 1. The smallest absolute Gasteiger partial charge is 0.249 e. The van der Waals surface area contributed by atoms with Gasteiger partial charge in [0.25, 0.3) is 0 Å². The fourth-order valence-corrected chi connectivity index (χ4v) is 2.57. The third-order valence-electron chi connectivity index (χ3n) is 3.72. The SMILES string of the molecule is CCCC(=O)N1CCCC1c1nc(C2CC2)no1. The molecule has 1 unspecified atom stereocenters. The van der Waals surface area contributed by atoms with E-state index in [4.69, 9.17) is 4.52 Å². The van der Waals surface area contributed by atoms with E-state index in [0.717, 1.165) is 31.6 Å². The Morgan fingerprint density at radius 1 is 1.44 bits per heavy atom. The Balaban J connectivity index is 1.74. The number of hydrogen-bond donors (Lipinski definition) is 0. The van der Waals surface area contributed by atoms with Gasteiger partial charge in [0.1, 0.15) is 6.04 Å². The molecule has 0 radical (unpaired) electrons. The molecule has 18 heavy (non-hydrogen) atoms. The molecule has 1 saturated heterocycles. The van der Waals surface area contributed by atoms with E-state index in [1.165, 1.54) is 12.8 Å². The molecule has 1 aliphatic carbocycles. The maximum atomic E-state index is 12.0. The predicted octanol–water partition coefficient (Wildman–Crippen LogP) is 2.41. The maximum absolute atomic E-state index is 12.0. The summed E-state index contributed by atoms with van der Waals surface area (Å²) < 4.78 is 5.35. The van der Waals surface area contributed by atoms with Crippen molar-refractivity contribution in [3.63, 3.8) is 0 Å². The lowest BCUT2D eigenvalue weighted by atomic mass is 10.2. The summed E-state index contributed by atoms with van der Waals surface area (Å²) in [6.45, 7) is 2.85. The highest BCUT2D eigenvalue weighted by Gasteiger charge is 2.35. The van der Waals surface area contributed by atoms with Gasteiger partial charge < -0.3 is 9.42 Å². The van der Waals surface area contributed by atoms with Crippen molar-refractivity contribution in [3.8, 4) is 0 Å². The van der Waals surface area contributed by atoms with Gasteiger partial charge in [-0.3, -0.25) is 4.79 Å². The zero-order chi connectivity index (χ0) is 12.5. The molecular weight excluding hydrogens is 230 g/mol. The Morgan fingerprint density at radius 2 is 2.28 bits per heavy atom. The Bertz CT molecular complexity index is 439. The van der Waals surface area contributed by atoms with Gasteiger partial charge in [-0.1, -0.05) is 12.1 Å². The first-order chi connectivity index (χ1) is 8.79. The van der Waals surface area contributed by atoms with E-state index < -0.39 is 0 Å². The van der Waals surface area contributed by atoms with Crippen molar-refractivity contribution in [2.75, 3.05) is 6.54 Å². The van der Waals surface area contributed by atoms with Gasteiger partial charge in [-0.2, -0.15) is 4.98 Å². The Kier molecular flexibility index (Phi) is 3.06. The molecule has 2 heterocycles. The standard InChI is InChI=1S/C13H19N3O2/c1-2-4-11(17)16-8-3-5-10(16)13-14-12(15-18-13)9-6-7-9/h9-10H,2-8H2,1H3. The predicted molar refractivity (Wildman–Crippen MR) is 64.9 cm³/mol. The van der Waals surface area contributed by atoms with E-state index >= 15 is 0 Å². The van der Waals surface area contributed by atoms with Crippen molar-refractivity contribution in [3.05, 3.63) is 11.7 Å².